The van der Waals surface area contributed by atoms with Crippen molar-refractivity contribution in [2.75, 3.05) is 0 Å². The van der Waals surface area contributed by atoms with E-state index in [2.05, 4.69) is 5.43 Å². The largest absolute Gasteiger partial charge is 0.337 e. The molecule has 5 nitrogen and oxygen atoms in total. The van der Waals surface area contributed by atoms with Crippen molar-refractivity contribution in [2.24, 2.45) is 5.84 Å². The van der Waals surface area contributed by atoms with Crippen molar-refractivity contribution in [1.29, 1.82) is 0 Å². The Labute approximate surface area is 144 Å². The molecule has 0 bridgehead atoms. The van der Waals surface area contributed by atoms with Crippen LogP contribution in [0.3, 0.4) is 0 Å². The van der Waals surface area contributed by atoms with E-state index in [1.165, 1.54) is 16.7 Å². The van der Waals surface area contributed by atoms with Gasteiger partial charge in [0.2, 0.25) is 0 Å². The van der Waals surface area contributed by atoms with Gasteiger partial charge < -0.3 is 0 Å². The fourth-order valence-electron chi connectivity index (χ4n) is 2.69. The second-order valence-electron chi connectivity index (χ2n) is 5.42. The number of carbonyl (C=O) groups excluding carboxylic acids is 2. The van der Waals surface area contributed by atoms with E-state index in [1.807, 2.05) is 54.6 Å². The molecular weight excluding hydrogens is 322 g/mol. The molecule has 0 saturated heterocycles. The van der Waals surface area contributed by atoms with Crippen LogP contribution in [-0.4, -0.2) is 22.1 Å². The predicted octanol–water partition coefficient (Wildman–Crippen LogP) is 2.89. The van der Waals surface area contributed by atoms with Gasteiger partial charge in [-0.15, -0.1) is 0 Å². The van der Waals surface area contributed by atoms with E-state index in [4.69, 9.17) is 5.84 Å². The summed E-state index contributed by atoms with van der Waals surface area (Å²) >= 11 is 1.30. The molecule has 3 rings (SSSR count). The molecule has 0 aliphatic carbocycles. The molecule has 0 saturated carbocycles. The van der Waals surface area contributed by atoms with E-state index < -0.39 is 10.9 Å². The number of thioether (sulfide) groups is 1. The molecule has 1 atom stereocenters. The standard InChI is InChI=1S/C18H17N3O2S/c19-20-17(23)21-10-11-24-18(21,13-22)12-14-6-8-16(9-7-14)15-4-2-1-3-5-15/h1-11,13H,12,19H2,(H,20,23). The van der Waals surface area contributed by atoms with Crippen LogP contribution in [0.15, 0.2) is 66.2 Å². The van der Waals surface area contributed by atoms with Crippen LogP contribution in [0.1, 0.15) is 5.56 Å². The number of nitrogens with two attached hydrogens (primary N) is 1. The quantitative estimate of drug-likeness (QED) is 0.389. The normalized spacial score (nSPS) is 19.3. The maximum Gasteiger partial charge on any atom is 0.337 e. The van der Waals surface area contributed by atoms with Gasteiger partial charge in [-0.2, -0.15) is 0 Å². The molecule has 1 aliphatic heterocycles. The molecular formula is C18H17N3O2S. The Bertz CT molecular complexity index is 762. The molecule has 1 heterocycles. The number of aldehydes is 1. The number of rotatable bonds is 4. The zero-order valence-electron chi connectivity index (χ0n) is 12.9. The summed E-state index contributed by atoms with van der Waals surface area (Å²) in [5.74, 6) is 5.21. The Morgan fingerprint density at radius 1 is 1.12 bits per heavy atom. The van der Waals surface area contributed by atoms with Crippen LogP contribution in [0.2, 0.25) is 0 Å². The number of hydrogen-bond acceptors (Lipinski definition) is 4. The van der Waals surface area contributed by atoms with E-state index in [9.17, 15) is 9.59 Å². The minimum Gasteiger partial charge on any atom is -0.300 e. The summed E-state index contributed by atoms with van der Waals surface area (Å²) in [4.78, 5) is 23.9. The minimum absolute atomic E-state index is 0.399. The molecule has 0 aromatic heterocycles. The first kappa shape index (κ1) is 16.3. The van der Waals surface area contributed by atoms with E-state index in [0.717, 1.165) is 23.0 Å². The Hall–Kier alpha value is -2.57. The third-order valence-corrected chi connectivity index (χ3v) is 5.04. The smallest absolute Gasteiger partial charge is 0.300 e. The zero-order valence-corrected chi connectivity index (χ0v) is 13.7. The van der Waals surface area contributed by atoms with E-state index in [-0.39, 0.29) is 0 Å². The highest BCUT2D eigenvalue weighted by Crippen LogP contribution is 2.38. The Morgan fingerprint density at radius 3 is 2.42 bits per heavy atom. The third-order valence-electron chi connectivity index (χ3n) is 3.93. The lowest BCUT2D eigenvalue weighted by Gasteiger charge is -2.31. The van der Waals surface area contributed by atoms with Crippen molar-refractivity contribution in [3.05, 3.63) is 71.8 Å². The first-order valence-corrected chi connectivity index (χ1v) is 8.31. The SMILES string of the molecule is NNC(=O)N1C=CSC1(C=O)Cc1ccc(-c2ccccc2)cc1. The van der Waals surface area contributed by atoms with Crippen molar-refractivity contribution < 1.29 is 9.59 Å². The van der Waals surface area contributed by atoms with Gasteiger partial charge in [-0.1, -0.05) is 66.4 Å². The van der Waals surface area contributed by atoms with E-state index in [1.54, 1.807) is 11.6 Å². The second kappa shape index (κ2) is 6.90. The third kappa shape index (κ3) is 3.06. The maximum absolute atomic E-state index is 11.9. The van der Waals surface area contributed by atoms with Gasteiger partial charge in [0.1, 0.15) is 0 Å². The van der Waals surface area contributed by atoms with Gasteiger partial charge in [0.25, 0.3) is 0 Å². The maximum atomic E-state index is 11.9. The molecule has 1 unspecified atom stereocenters. The molecule has 0 fully saturated rings. The molecule has 0 spiro atoms. The summed E-state index contributed by atoms with van der Waals surface area (Å²) in [7, 11) is 0. The number of benzene rings is 2. The summed E-state index contributed by atoms with van der Waals surface area (Å²) in [6.07, 6.45) is 2.76. The Balaban J connectivity index is 1.82. The minimum atomic E-state index is -1.00. The van der Waals surface area contributed by atoms with E-state index in [0.29, 0.717) is 6.42 Å². The number of amides is 2. The zero-order chi connectivity index (χ0) is 17.0. The number of hydrazine groups is 1. The molecule has 6 heteroatoms. The van der Waals surface area contributed by atoms with Crippen LogP contribution in [-0.2, 0) is 11.2 Å². The van der Waals surface area contributed by atoms with Gasteiger partial charge in [-0.05, 0) is 22.1 Å². The monoisotopic (exact) mass is 339 g/mol. The van der Waals surface area contributed by atoms with Gasteiger partial charge in [-0.3, -0.25) is 15.1 Å². The topological polar surface area (TPSA) is 75.4 Å². The van der Waals surface area contributed by atoms with Crippen LogP contribution in [0, 0.1) is 0 Å². The average Bonchev–Trinajstić information content (AvgIpc) is 3.06. The fourth-order valence-corrected chi connectivity index (χ4v) is 3.67. The van der Waals surface area contributed by atoms with Crippen LogP contribution >= 0.6 is 11.8 Å². The first-order chi connectivity index (χ1) is 11.7. The highest BCUT2D eigenvalue weighted by molar-refractivity contribution is 8.04. The Kier molecular flexibility index (Phi) is 4.69. The number of nitrogens with one attached hydrogen (secondary N) is 1. The van der Waals surface area contributed by atoms with Crippen LogP contribution in [0.4, 0.5) is 4.79 Å². The summed E-state index contributed by atoms with van der Waals surface area (Å²) < 4.78 is 0. The van der Waals surface area contributed by atoms with Crippen molar-refractivity contribution in [3.8, 4) is 11.1 Å². The summed E-state index contributed by atoms with van der Waals surface area (Å²) in [6.45, 7) is 0. The molecule has 24 heavy (non-hydrogen) atoms. The molecule has 1 aliphatic rings. The lowest BCUT2D eigenvalue weighted by molar-refractivity contribution is -0.112. The summed E-state index contributed by atoms with van der Waals surface area (Å²) in [5.41, 5.74) is 5.28. The first-order valence-electron chi connectivity index (χ1n) is 7.43. The van der Waals surface area contributed by atoms with Crippen molar-refractivity contribution in [2.45, 2.75) is 11.3 Å². The average molecular weight is 339 g/mol. The second-order valence-corrected chi connectivity index (χ2v) is 6.64. The highest BCUT2D eigenvalue weighted by atomic mass is 32.2. The van der Waals surface area contributed by atoms with Gasteiger partial charge in [0.15, 0.2) is 11.2 Å². The van der Waals surface area contributed by atoms with Crippen LogP contribution in [0.25, 0.3) is 11.1 Å². The molecule has 2 aromatic rings. The van der Waals surface area contributed by atoms with Crippen LogP contribution in [0.5, 0.6) is 0 Å². The number of urea groups is 1. The molecule has 2 amide bonds. The van der Waals surface area contributed by atoms with Crippen molar-refractivity contribution >= 4 is 24.1 Å². The van der Waals surface area contributed by atoms with Crippen molar-refractivity contribution in [3.63, 3.8) is 0 Å². The Morgan fingerprint density at radius 2 is 1.79 bits per heavy atom. The van der Waals surface area contributed by atoms with Crippen molar-refractivity contribution in [1.82, 2.24) is 10.3 Å². The molecule has 2 aromatic carbocycles. The number of hydrogen-bond donors (Lipinski definition) is 2. The van der Waals surface area contributed by atoms with Gasteiger partial charge in [0, 0.05) is 12.6 Å². The van der Waals surface area contributed by atoms with Gasteiger partial charge >= 0.3 is 6.03 Å². The molecule has 3 N–H and O–H groups in total. The number of nitrogens with zero attached hydrogens (tertiary/aromatic N) is 1. The lowest BCUT2D eigenvalue weighted by atomic mass is 10.0. The lowest BCUT2D eigenvalue weighted by Crippen LogP contribution is -2.52. The van der Waals surface area contributed by atoms with Gasteiger partial charge in [-0.25, -0.2) is 10.6 Å². The van der Waals surface area contributed by atoms with E-state index >= 15 is 0 Å². The molecule has 122 valence electrons. The number of carbonyl (C=O) groups is 2. The molecule has 0 radical (unpaired) electrons. The predicted molar refractivity (Wildman–Crippen MR) is 95.7 cm³/mol. The summed E-state index contributed by atoms with van der Waals surface area (Å²) in [6, 6.07) is 17.5. The van der Waals surface area contributed by atoms with Crippen LogP contribution < -0.4 is 11.3 Å². The fraction of sp³-hybridized carbons (Fsp3) is 0.111. The summed E-state index contributed by atoms with van der Waals surface area (Å²) in [5, 5.41) is 1.72. The van der Waals surface area contributed by atoms with Gasteiger partial charge in [0.05, 0.1) is 0 Å². The highest BCUT2D eigenvalue weighted by Gasteiger charge is 2.42.